The van der Waals surface area contributed by atoms with Gasteiger partial charge in [0.05, 0.1) is 4.90 Å². The molecule has 3 aromatic rings. The smallest absolute Gasteiger partial charge is 0.243 e. The Morgan fingerprint density at radius 3 is 2.58 bits per heavy atom. The van der Waals surface area contributed by atoms with Gasteiger partial charge in [-0.1, -0.05) is 5.16 Å². The van der Waals surface area contributed by atoms with Crippen LogP contribution in [0.2, 0.25) is 0 Å². The molecule has 0 radical (unpaired) electrons. The van der Waals surface area contributed by atoms with E-state index in [2.05, 4.69) is 15.5 Å². The van der Waals surface area contributed by atoms with Gasteiger partial charge >= 0.3 is 0 Å². The number of nitrogens with zero attached hydrogens (tertiary/aromatic N) is 3. The lowest BCUT2D eigenvalue weighted by Gasteiger charge is -2.15. The monoisotopic (exact) mass is 470 g/mol. The average molecular weight is 471 g/mol. The maximum atomic E-state index is 12.6. The van der Waals surface area contributed by atoms with E-state index in [-0.39, 0.29) is 30.4 Å². The summed E-state index contributed by atoms with van der Waals surface area (Å²) >= 11 is 0. The SMILES string of the molecule is O=C(CCc1nc(-c2ccc(S(=O)(=O)N3CCCC3)cc2)no1)Nc1ccc2c(c1)OCO2. The second kappa shape index (κ2) is 8.83. The highest BCUT2D eigenvalue weighted by Gasteiger charge is 2.27. The van der Waals surface area contributed by atoms with Crippen LogP contribution < -0.4 is 14.8 Å². The molecule has 2 aliphatic rings. The summed E-state index contributed by atoms with van der Waals surface area (Å²) in [6.07, 6.45) is 2.20. The Labute approximate surface area is 190 Å². The Balaban J connectivity index is 1.18. The van der Waals surface area contributed by atoms with E-state index in [0.29, 0.717) is 47.6 Å². The Morgan fingerprint density at radius 1 is 1.03 bits per heavy atom. The van der Waals surface area contributed by atoms with Crippen LogP contribution in [-0.2, 0) is 21.2 Å². The molecule has 1 fully saturated rings. The number of anilines is 1. The quantitative estimate of drug-likeness (QED) is 0.559. The summed E-state index contributed by atoms with van der Waals surface area (Å²) in [5.74, 6) is 1.69. The second-order valence-corrected chi connectivity index (χ2v) is 9.70. The molecular weight excluding hydrogens is 448 g/mol. The third-order valence-corrected chi connectivity index (χ3v) is 7.42. The van der Waals surface area contributed by atoms with Crippen LogP contribution in [0.1, 0.15) is 25.2 Å². The van der Waals surface area contributed by atoms with E-state index in [1.807, 2.05) is 0 Å². The number of rotatable bonds is 7. The lowest BCUT2D eigenvalue weighted by Crippen LogP contribution is -2.27. The highest BCUT2D eigenvalue weighted by molar-refractivity contribution is 7.89. The topological polar surface area (TPSA) is 124 Å². The maximum Gasteiger partial charge on any atom is 0.243 e. The first-order valence-corrected chi connectivity index (χ1v) is 12.1. The molecule has 2 aromatic carbocycles. The van der Waals surface area contributed by atoms with E-state index < -0.39 is 10.0 Å². The summed E-state index contributed by atoms with van der Waals surface area (Å²) in [5, 5.41) is 6.75. The normalized spacial score (nSPS) is 15.6. The van der Waals surface area contributed by atoms with Crippen molar-refractivity contribution < 1.29 is 27.2 Å². The van der Waals surface area contributed by atoms with Crippen molar-refractivity contribution in [2.24, 2.45) is 0 Å². The molecule has 0 atom stereocenters. The van der Waals surface area contributed by atoms with E-state index in [0.717, 1.165) is 12.8 Å². The van der Waals surface area contributed by atoms with Gasteiger partial charge in [-0.05, 0) is 49.2 Å². The van der Waals surface area contributed by atoms with Gasteiger partial charge in [-0.3, -0.25) is 4.79 Å². The summed E-state index contributed by atoms with van der Waals surface area (Å²) < 4.78 is 42.6. The number of ether oxygens (including phenoxy) is 2. The molecule has 0 saturated carbocycles. The zero-order chi connectivity index (χ0) is 22.8. The van der Waals surface area contributed by atoms with Gasteiger partial charge in [0.15, 0.2) is 11.5 Å². The standard InChI is InChI=1S/C22H22N4O6S/c27-20(23-16-5-8-18-19(13-16)31-14-30-18)9-10-21-24-22(25-32-21)15-3-6-17(7-4-15)33(28,29)26-11-1-2-12-26/h3-8,13H,1-2,9-12,14H2,(H,23,27). The first-order chi connectivity index (χ1) is 16.0. The number of hydrogen-bond acceptors (Lipinski definition) is 8. The van der Waals surface area contributed by atoms with Crippen LogP contribution in [0.3, 0.4) is 0 Å². The van der Waals surface area contributed by atoms with Crippen molar-refractivity contribution in [1.29, 1.82) is 0 Å². The number of aryl methyl sites for hydroxylation is 1. The van der Waals surface area contributed by atoms with Crippen molar-refractivity contribution in [3.63, 3.8) is 0 Å². The van der Waals surface area contributed by atoms with Crippen LogP contribution in [0.15, 0.2) is 51.9 Å². The van der Waals surface area contributed by atoms with Crippen LogP contribution >= 0.6 is 0 Å². The molecule has 172 valence electrons. The Bertz CT molecular complexity index is 1270. The average Bonchev–Trinajstić information content (AvgIpc) is 3.59. The lowest BCUT2D eigenvalue weighted by atomic mass is 10.2. The lowest BCUT2D eigenvalue weighted by molar-refractivity contribution is -0.116. The minimum Gasteiger partial charge on any atom is -0.454 e. The van der Waals surface area contributed by atoms with Gasteiger partial charge in [-0.25, -0.2) is 8.42 Å². The number of nitrogens with one attached hydrogen (secondary N) is 1. The zero-order valence-corrected chi connectivity index (χ0v) is 18.5. The van der Waals surface area contributed by atoms with Crippen molar-refractivity contribution in [2.45, 2.75) is 30.6 Å². The first kappa shape index (κ1) is 21.4. The van der Waals surface area contributed by atoms with Crippen molar-refractivity contribution >= 4 is 21.6 Å². The molecule has 1 aromatic heterocycles. The van der Waals surface area contributed by atoms with Gasteiger partial charge in [0.1, 0.15) is 0 Å². The molecular formula is C22H22N4O6S. The van der Waals surface area contributed by atoms with Crippen LogP contribution in [0, 0.1) is 0 Å². The summed E-state index contributed by atoms with van der Waals surface area (Å²) in [5.41, 5.74) is 1.25. The molecule has 0 spiro atoms. The Hall–Kier alpha value is -3.44. The maximum absolute atomic E-state index is 12.6. The van der Waals surface area contributed by atoms with Crippen LogP contribution in [0.25, 0.3) is 11.4 Å². The predicted octanol–water partition coefficient (Wildman–Crippen LogP) is 2.82. The van der Waals surface area contributed by atoms with Gasteiger partial charge in [0.2, 0.25) is 34.4 Å². The van der Waals surface area contributed by atoms with Crippen LogP contribution in [-0.4, -0.2) is 48.7 Å². The molecule has 33 heavy (non-hydrogen) atoms. The highest BCUT2D eigenvalue weighted by Crippen LogP contribution is 2.34. The number of amides is 1. The molecule has 1 saturated heterocycles. The molecule has 2 aliphatic heterocycles. The van der Waals surface area contributed by atoms with E-state index >= 15 is 0 Å². The molecule has 3 heterocycles. The first-order valence-electron chi connectivity index (χ1n) is 10.6. The molecule has 0 aliphatic carbocycles. The van der Waals surface area contributed by atoms with Gasteiger partial charge in [0.25, 0.3) is 0 Å². The van der Waals surface area contributed by atoms with Crippen molar-refractivity contribution in [1.82, 2.24) is 14.4 Å². The second-order valence-electron chi connectivity index (χ2n) is 7.76. The van der Waals surface area contributed by atoms with Gasteiger partial charge < -0.3 is 19.3 Å². The zero-order valence-electron chi connectivity index (χ0n) is 17.7. The number of carbonyl (C=O) groups excluding carboxylic acids is 1. The molecule has 10 nitrogen and oxygen atoms in total. The summed E-state index contributed by atoms with van der Waals surface area (Å²) in [7, 11) is -3.47. The van der Waals surface area contributed by atoms with Gasteiger partial charge in [-0.2, -0.15) is 9.29 Å². The van der Waals surface area contributed by atoms with Crippen LogP contribution in [0.4, 0.5) is 5.69 Å². The van der Waals surface area contributed by atoms with E-state index in [9.17, 15) is 13.2 Å². The third-order valence-electron chi connectivity index (χ3n) is 5.51. The predicted molar refractivity (Wildman–Crippen MR) is 117 cm³/mol. The number of carbonyl (C=O) groups is 1. The van der Waals surface area contributed by atoms with Crippen molar-refractivity contribution in [2.75, 3.05) is 25.2 Å². The minimum absolute atomic E-state index is 0.156. The van der Waals surface area contributed by atoms with Crippen molar-refractivity contribution in [3.8, 4) is 22.9 Å². The number of sulfonamides is 1. The van der Waals surface area contributed by atoms with Crippen molar-refractivity contribution in [3.05, 3.63) is 48.4 Å². The van der Waals surface area contributed by atoms with E-state index in [1.54, 1.807) is 42.5 Å². The van der Waals surface area contributed by atoms with Gasteiger partial charge in [0, 0.05) is 43.2 Å². The highest BCUT2D eigenvalue weighted by atomic mass is 32.2. The molecule has 11 heteroatoms. The van der Waals surface area contributed by atoms with E-state index in [1.165, 1.54) is 4.31 Å². The Kier molecular flexibility index (Phi) is 5.73. The van der Waals surface area contributed by atoms with Crippen LogP contribution in [0.5, 0.6) is 11.5 Å². The fraction of sp³-hybridized carbons (Fsp3) is 0.318. The molecule has 0 bridgehead atoms. The number of hydrogen-bond donors (Lipinski definition) is 1. The summed E-state index contributed by atoms with van der Waals surface area (Å²) in [6.45, 7) is 1.28. The number of fused-ring (bicyclic) bond motifs is 1. The van der Waals surface area contributed by atoms with E-state index in [4.69, 9.17) is 14.0 Å². The third kappa shape index (κ3) is 4.55. The Morgan fingerprint density at radius 2 is 1.79 bits per heavy atom. The minimum atomic E-state index is -3.47. The fourth-order valence-corrected chi connectivity index (χ4v) is 5.26. The molecule has 0 unspecified atom stereocenters. The summed E-state index contributed by atoms with van der Waals surface area (Å²) in [6, 6.07) is 11.6. The fourth-order valence-electron chi connectivity index (χ4n) is 3.75. The summed E-state index contributed by atoms with van der Waals surface area (Å²) in [4.78, 5) is 16.8. The molecule has 1 amide bonds. The number of benzene rings is 2. The number of aromatic nitrogens is 2. The van der Waals surface area contributed by atoms with Gasteiger partial charge in [-0.15, -0.1) is 0 Å². The molecule has 5 rings (SSSR count). The largest absolute Gasteiger partial charge is 0.454 e. The molecule has 1 N–H and O–H groups in total.